The van der Waals surface area contributed by atoms with Crippen LogP contribution in [0, 0.1) is 6.92 Å². The maximum absolute atomic E-state index is 12.6. The van der Waals surface area contributed by atoms with Gasteiger partial charge in [0.05, 0.1) is 11.4 Å². The molecule has 0 radical (unpaired) electrons. The number of pyridine rings is 1. The molecule has 4 nitrogen and oxygen atoms in total. The van der Waals surface area contributed by atoms with Crippen LogP contribution in [0.4, 0.5) is 24.8 Å². The first-order valence-electron chi connectivity index (χ1n) is 6.73. The molecule has 1 N–H and O–H groups in total. The Morgan fingerprint density at radius 2 is 1.64 bits per heavy atom. The minimum absolute atomic E-state index is 0.101. The number of hydrogen-bond donors (Lipinski definition) is 1. The normalized spacial score (nSPS) is 12.3. The average molecular weight is 310 g/mol. The number of nitrogens with one attached hydrogen (secondary N) is 1. The molecule has 0 aromatic carbocycles. The molecule has 2 rings (SSSR count). The van der Waals surface area contributed by atoms with E-state index in [9.17, 15) is 13.2 Å². The summed E-state index contributed by atoms with van der Waals surface area (Å²) in [6, 6.07) is 4.44. The molecule has 2 heterocycles. The van der Waals surface area contributed by atoms with Crippen LogP contribution < -0.4 is 5.32 Å². The summed E-state index contributed by atoms with van der Waals surface area (Å²) >= 11 is 0. The molecule has 0 aliphatic heterocycles. The molecule has 0 saturated carbocycles. The summed E-state index contributed by atoms with van der Waals surface area (Å²) in [5.74, 6) is -0.108. The predicted molar refractivity (Wildman–Crippen MR) is 78.0 cm³/mol. The Morgan fingerprint density at radius 1 is 0.955 bits per heavy atom. The van der Waals surface area contributed by atoms with Gasteiger partial charge in [-0.3, -0.25) is 4.98 Å². The zero-order valence-electron chi connectivity index (χ0n) is 12.8. The van der Waals surface area contributed by atoms with E-state index in [2.05, 4.69) is 20.3 Å². The van der Waals surface area contributed by atoms with E-state index < -0.39 is 11.9 Å². The first-order chi connectivity index (χ1) is 10.1. The molecular weight excluding hydrogens is 293 g/mol. The van der Waals surface area contributed by atoms with E-state index in [1.807, 2.05) is 26.8 Å². The molecule has 22 heavy (non-hydrogen) atoms. The fraction of sp³-hybridized carbons (Fsp3) is 0.400. The van der Waals surface area contributed by atoms with E-state index in [1.54, 1.807) is 13.0 Å². The Kier molecular flexibility index (Phi) is 4.08. The van der Waals surface area contributed by atoms with E-state index in [0.717, 1.165) is 18.0 Å². The Hall–Kier alpha value is -2.18. The molecular formula is C15H17F3N4. The van der Waals surface area contributed by atoms with Crippen LogP contribution in [0.15, 0.2) is 24.4 Å². The standard InChI is InChI=1S/C15H17F3N4/c1-9-10(5-6-11(20-9)14(2,3)4)21-13-19-8-7-12(22-13)15(16,17)18/h5-8H,1-4H3,(H,19,21,22). The molecule has 0 bridgehead atoms. The van der Waals surface area contributed by atoms with Gasteiger partial charge in [0.2, 0.25) is 5.95 Å². The van der Waals surface area contributed by atoms with Crippen LogP contribution in [0.5, 0.6) is 0 Å². The summed E-state index contributed by atoms with van der Waals surface area (Å²) < 4.78 is 37.9. The van der Waals surface area contributed by atoms with Gasteiger partial charge in [-0.25, -0.2) is 9.97 Å². The van der Waals surface area contributed by atoms with Gasteiger partial charge < -0.3 is 5.32 Å². The van der Waals surface area contributed by atoms with Crippen molar-refractivity contribution in [3.05, 3.63) is 41.5 Å². The highest BCUT2D eigenvalue weighted by molar-refractivity contribution is 5.56. The molecule has 0 spiro atoms. The van der Waals surface area contributed by atoms with Crippen molar-refractivity contribution in [1.82, 2.24) is 15.0 Å². The molecule has 118 valence electrons. The van der Waals surface area contributed by atoms with E-state index in [1.165, 1.54) is 0 Å². The van der Waals surface area contributed by atoms with Crippen molar-refractivity contribution in [3.63, 3.8) is 0 Å². The zero-order valence-corrected chi connectivity index (χ0v) is 12.8. The van der Waals surface area contributed by atoms with Crippen molar-refractivity contribution in [2.24, 2.45) is 0 Å². The lowest BCUT2D eigenvalue weighted by atomic mass is 9.91. The van der Waals surface area contributed by atoms with Gasteiger partial charge >= 0.3 is 6.18 Å². The lowest BCUT2D eigenvalue weighted by molar-refractivity contribution is -0.141. The number of rotatable bonds is 2. The third-order valence-corrected chi connectivity index (χ3v) is 3.05. The number of aryl methyl sites for hydroxylation is 1. The van der Waals surface area contributed by atoms with Crippen LogP contribution in [0.3, 0.4) is 0 Å². The number of alkyl halides is 3. The van der Waals surface area contributed by atoms with Crippen LogP contribution in [-0.4, -0.2) is 15.0 Å². The minimum Gasteiger partial charge on any atom is -0.323 e. The Morgan fingerprint density at radius 3 is 2.18 bits per heavy atom. The molecule has 0 amide bonds. The minimum atomic E-state index is -4.50. The summed E-state index contributed by atoms with van der Waals surface area (Å²) in [6.07, 6.45) is -3.42. The molecule has 0 aliphatic carbocycles. The molecule has 7 heteroatoms. The van der Waals surface area contributed by atoms with E-state index in [-0.39, 0.29) is 11.4 Å². The van der Waals surface area contributed by atoms with Crippen molar-refractivity contribution in [1.29, 1.82) is 0 Å². The third kappa shape index (κ3) is 3.72. The molecule has 2 aromatic rings. The molecule has 0 saturated heterocycles. The summed E-state index contributed by atoms with van der Waals surface area (Å²) in [5, 5.41) is 2.78. The molecule has 0 fully saturated rings. The second kappa shape index (κ2) is 5.55. The van der Waals surface area contributed by atoms with Gasteiger partial charge in [0.15, 0.2) is 0 Å². The molecule has 2 aromatic heterocycles. The van der Waals surface area contributed by atoms with Crippen molar-refractivity contribution < 1.29 is 13.2 Å². The monoisotopic (exact) mass is 310 g/mol. The third-order valence-electron chi connectivity index (χ3n) is 3.05. The van der Waals surface area contributed by atoms with E-state index in [0.29, 0.717) is 11.4 Å². The largest absolute Gasteiger partial charge is 0.433 e. The zero-order chi connectivity index (χ0) is 16.5. The highest BCUT2D eigenvalue weighted by Crippen LogP contribution is 2.28. The summed E-state index contributed by atoms with van der Waals surface area (Å²) in [7, 11) is 0. The van der Waals surface area contributed by atoms with Crippen molar-refractivity contribution in [3.8, 4) is 0 Å². The second-order valence-electron chi connectivity index (χ2n) is 5.97. The first-order valence-corrected chi connectivity index (χ1v) is 6.73. The van der Waals surface area contributed by atoms with Gasteiger partial charge in [-0.05, 0) is 25.1 Å². The second-order valence-corrected chi connectivity index (χ2v) is 5.97. The van der Waals surface area contributed by atoms with Gasteiger partial charge in [-0.15, -0.1) is 0 Å². The van der Waals surface area contributed by atoms with E-state index in [4.69, 9.17) is 0 Å². The van der Waals surface area contributed by atoms with Gasteiger partial charge in [0.25, 0.3) is 0 Å². The van der Waals surface area contributed by atoms with Crippen molar-refractivity contribution in [2.45, 2.75) is 39.3 Å². The van der Waals surface area contributed by atoms with Crippen LogP contribution in [0.2, 0.25) is 0 Å². The SMILES string of the molecule is Cc1nc(C(C)(C)C)ccc1Nc1nccc(C(F)(F)F)n1. The highest BCUT2D eigenvalue weighted by Gasteiger charge is 2.32. The number of nitrogens with zero attached hydrogens (tertiary/aromatic N) is 3. The Bertz CT molecular complexity index is 675. The number of aromatic nitrogens is 3. The summed E-state index contributed by atoms with van der Waals surface area (Å²) in [4.78, 5) is 11.8. The molecule has 0 atom stereocenters. The maximum Gasteiger partial charge on any atom is 0.433 e. The van der Waals surface area contributed by atoms with Gasteiger partial charge in [0.1, 0.15) is 5.69 Å². The van der Waals surface area contributed by atoms with Crippen LogP contribution in [0.25, 0.3) is 0 Å². The smallest absolute Gasteiger partial charge is 0.323 e. The van der Waals surface area contributed by atoms with Crippen molar-refractivity contribution in [2.75, 3.05) is 5.32 Å². The average Bonchev–Trinajstić information content (AvgIpc) is 2.39. The Balaban J connectivity index is 2.28. The number of anilines is 2. The van der Waals surface area contributed by atoms with Gasteiger partial charge in [0, 0.05) is 17.3 Å². The first kappa shape index (κ1) is 16.2. The molecule has 0 aliphatic rings. The Labute approximate surface area is 126 Å². The number of halogens is 3. The lowest BCUT2D eigenvalue weighted by Crippen LogP contribution is -2.15. The predicted octanol–water partition coefficient (Wildman–Crippen LogP) is 4.24. The summed E-state index contributed by atoms with van der Waals surface area (Å²) in [5.41, 5.74) is 1.07. The summed E-state index contributed by atoms with van der Waals surface area (Å²) in [6.45, 7) is 7.90. The molecule has 0 unspecified atom stereocenters. The lowest BCUT2D eigenvalue weighted by Gasteiger charge is -2.19. The van der Waals surface area contributed by atoms with Crippen LogP contribution >= 0.6 is 0 Å². The van der Waals surface area contributed by atoms with Gasteiger partial charge in [-0.2, -0.15) is 13.2 Å². The van der Waals surface area contributed by atoms with Crippen molar-refractivity contribution >= 4 is 11.6 Å². The maximum atomic E-state index is 12.6. The quantitative estimate of drug-likeness (QED) is 0.901. The fourth-order valence-corrected chi connectivity index (χ4v) is 1.81. The van der Waals surface area contributed by atoms with Crippen LogP contribution in [0.1, 0.15) is 37.9 Å². The number of hydrogen-bond acceptors (Lipinski definition) is 4. The van der Waals surface area contributed by atoms with Crippen LogP contribution in [-0.2, 0) is 11.6 Å². The van der Waals surface area contributed by atoms with Gasteiger partial charge in [-0.1, -0.05) is 20.8 Å². The topological polar surface area (TPSA) is 50.7 Å². The van der Waals surface area contributed by atoms with E-state index >= 15 is 0 Å². The highest BCUT2D eigenvalue weighted by atomic mass is 19.4. The fourth-order valence-electron chi connectivity index (χ4n) is 1.81.